The van der Waals surface area contributed by atoms with Crippen molar-refractivity contribution in [3.8, 4) is 0 Å². The lowest BCUT2D eigenvalue weighted by Gasteiger charge is -2.12. The molecule has 1 N–H and O–H groups in total. The van der Waals surface area contributed by atoms with Crippen LogP contribution < -0.4 is 5.32 Å². The van der Waals surface area contributed by atoms with Crippen LogP contribution >= 0.6 is 0 Å². The van der Waals surface area contributed by atoms with Crippen molar-refractivity contribution in [3.05, 3.63) is 35.4 Å². The molecule has 0 aliphatic carbocycles. The van der Waals surface area contributed by atoms with Gasteiger partial charge >= 0.3 is 0 Å². The van der Waals surface area contributed by atoms with E-state index in [1.165, 1.54) is 18.2 Å². The molecule has 0 radical (unpaired) electrons. The van der Waals surface area contributed by atoms with Crippen LogP contribution in [-0.4, -0.2) is 13.1 Å². The van der Waals surface area contributed by atoms with Crippen LogP contribution in [0.4, 0.5) is 8.78 Å². The highest BCUT2D eigenvalue weighted by molar-refractivity contribution is 5.20. The maximum atomic E-state index is 13.3. The van der Waals surface area contributed by atoms with E-state index in [0.29, 0.717) is 6.42 Å². The molecule has 16 heavy (non-hydrogen) atoms. The molecule has 3 heteroatoms. The molecule has 1 aromatic carbocycles. The molecule has 1 atom stereocenters. The van der Waals surface area contributed by atoms with Gasteiger partial charge in [0, 0.05) is 5.56 Å². The van der Waals surface area contributed by atoms with Crippen LogP contribution in [0, 0.1) is 17.6 Å². The summed E-state index contributed by atoms with van der Waals surface area (Å²) < 4.78 is 26.7. The zero-order valence-corrected chi connectivity index (χ0v) is 9.89. The van der Waals surface area contributed by atoms with Crippen molar-refractivity contribution in [2.24, 2.45) is 5.92 Å². The maximum Gasteiger partial charge on any atom is 0.129 e. The number of hydrogen-bond acceptors (Lipinski definition) is 1. The molecule has 0 amide bonds. The predicted molar refractivity (Wildman–Crippen MR) is 62.4 cm³/mol. The SMILES string of the molecule is CCNCCC(C)Cc1c(F)cccc1F. The van der Waals surface area contributed by atoms with Crippen molar-refractivity contribution in [1.82, 2.24) is 5.32 Å². The largest absolute Gasteiger partial charge is 0.317 e. The Labute approximate surface area is 95.9 Å². The minimum absolute atomic E-state index is 0.214. The molecule has 0 bridgehead atoms. The smallest absolute Gasteiger partial charge is 0.129 e. The third kappa shape index (κ3) is 3.89. The van der Waals surface area contributed by atoms with E-state index in [4.69, 9.17) is 0 Å². The van der Waals surface area contributed by atoms with Gasteiger partial charge < -0.3 is 5.32 Å². The summed E-state index contributed by atoms with van der Waals surface area (Å²) in [7, 11) is 0. The lowest BCUT2D eigenvalue weighted by Crippen LogP contribution is -2.17. The van der Waals surface area contributed by atoms with Gasteiger partial charge in [0.05, 0.1) is 0 Å². The molecule has 1 nitrogen and oxygen atoms in total. The van der Waals surface area contributed by atoms with Gasteiger partial charge in [-0.05, 0) is 44.0 Å². The molecule has 1 rings (SSSR count). The van der Waals surface area contributed by atoms with Gasteiger partial charge in [0.1, 0.15) is 11.6 Å². The molecule has 1 unspecified atom stereocenters. The Morgan fingerprint density at radius 3 is 2.44 bits per heavy atom. The highest BCUT2D eigenvalue weighted by Gasteiger charge is 2.11. The molecular weight excluding hydrogens is 208 g/mol. The molecule has 0 heterocycles. The second-order valence-corrected chi connectivity index (χ2v) is 4.15. The summed E-state index contributed by atoms with van der Waals surface area (Å²) in [5.74, 6) is -0.587. The van der Waals surface area contributed by atoms with Crippen LogP contribution in [0.25, 0.3) is 0 Å². The van der Waals surface area contributed by atoms with E-state index in [0.717, 1.165) is 19.5 Å². The minimum atomic E-state index is -0.435. The molecule has 0 saturated heterocycles. The Hall–Kier alpha value is -0.960. The molecule has 0 saturated carbocycles. The first-order valence-corrected chi connectivity index (χ1v) is 5.78. The van der Waals surface area contributed by atoms with Gasteiger partial charge in [-0.3, -0.25) is 0 Å². The Morgan fingerprint density at radius 1 is 1.25 bits per heavy atom. The number of rotatable bonds is 6. The first-order chi connectivity index (χ1) is 7.65. The van der Waals surface area contributed by atoms with Crippen LogP contribution in [-0.2, 0) is 6.42 Å². The molecule has 0 aliphatic heterocycles. The average Bonchev–Trinajstić information content (AvgIpc) is 2.24. The standard InChI is InChI=1S/C13H19F2N/c1-3-16-8-7-10(2)9-11-12(14)5-4-6-13(11)15/h4-6,10,16H,3,7-9H2,1-2H3. The van der Waals surface area contributed by atoms with Gasteiger partial charge in [-0.25, -0.2) is 8.78 Å². The molecule has 0 spiro atoms. The van der Waals surface area contributed by atoms with Crippen LogP contribution in [0.15, 0.2) is 18.2 Å². The van der Waals surface area contributed by atoms with E-state index in [9.17, 15) is 8.78 Å². The molecule has 1 aromatic rings. The summed E-state index contributed by atoms with van der Waals surface area (Å²) in [5.41, 5.74) is 0.214. The van der Waals surface area contributed by atoms with Crippen molar-refractivity contribution in [2.45, 2.75) is 26.7 Å². The molecule has 90 valence electrons. The van der Waals surface area contributed by atoms with Crippen molar-refractivity contribution >= 4 is 0 Å². The highest BCUT2D eigenvalue weighted by Crippen LogP contribution is 2.18. The summed E-state index contributed by atoms with van der Waals surface area (Å²) in [6.07, 6.45) is 1.39. The zero-order chi connectivity index (χ0) is 12.0. The fourth-order valence-corrected chi connectivity index (χ4v) is 1.70. The third-order valence-electron chi connectivity index (χ3n) is 2.68. The molecule has 0 aliphatic rings. The third-order valence-corrected chi connectivity index (χ3v) is 2.68. The van der Waals surface area contributed by atoms with Crippen molar-refractivity contribution in [2.75, 3.05) is 13.1 Å². The summed E-state index contributed by atoms with van der Waals surface area (Å²) in [6, 6.07) is 4.03. The monoisotopic (exact) mass is 227 g/mol. The topological polar surface area (TPSA) is 12.0 Å². The van der Waals surface area contributed by atoms with Gasteiger partial charge in [0.25, 0.3) is 0 Å². The van der Waals surface area contributed by atoms with E-state index in [1.807, 2.05) is 13.8 Å². The quantitative estimate of drug-likeness (QED) is 0.736. The average molecular weight is 227 g/mol. The number of benzene rings is 1. The van der Waals surface area contributed by atoms with E-state index < -0.39 is 11.6 Å². The maximum absolute atomic E-state index is 13.3. The fraction of sp³-hybridized carbons (Fsp3) is 0.538. The Morgan fingerprint density at radius 2 is 1.88 bits per heavy atom. The van der Waals surface area contributed by atoms with Crippen molar-refractivity contribution in [3.63, 3.8) is 0 Å². The predicted octanol–water partition coefficient (Wildman–Crippen LogP) is 3.14. The number of hydrogen-bond donors (Lipinski definition) is 1. The van der Waals surface area contributed by atoms with Crippen molar-refractivity contribution < 1.29 is 8.78 Å². The molecule has 0 aromatic heterocycles. The molecule has 0 fully saturated rings. The van der Waals surface area contributed by atoms with Crippen LogP contribution in [0.1, 0.15) is 25.8 Å². The van der Waals surface area contributed by atoms with Crippen LogP contribution in [0.2, 0.25) is 0 Å². The lowest BCUT2D eigenvalue weighted by atomic mass is 9.97. The van der Waals surface area contributed by atoms with E-state index in [1.54, 1.807) is 0 Å². The van der Waals surface area contributed by atoms with E-state index in [2.05, 4.69) is 5.32 Å². The fourth-order valence-electron chi connectivity index (χ4n) is 1.70. The summed E-state index contributed by atoms with van der Waals surface area (Å²) in [4.78, 5) is 0. The Kier molecular flexibility index (Phi) is 5.39. The van der Waals surface area contributed by atoms with Crippen molar-refractivity contribution in [1.29, 1.82) is 0 Å². The van der Waals surface area contributed by atoms with Gasteiger partial charge in [-0.2, -0.15) is 0 Å². The normalized spacial score (nSPS) is 12.8. The van der Waals surface area contributed by atoms with Gasteiger partial charge in [-0.15, -0.1) is 0 Å². The summed E-state index contributed by atoms with van der Waals surface area (Å²) in [5, 5.41) is 3.21. The highest BCUT2D eigenvalue weighted by atomic mass is 19.1. The van der Waals surface area contributed by atoms with Gasteiger partial charge in [0.15, 0.2) is 0 Å². The first-order valence-electron chi connectivity index (χ1n) is 5.78. The summed E-state index contributed by atoms with van der Waals surface area (Å²) in [6.45, 7) is 5.89. The Bertz CT molecular complexity index is 305. The second kappa shape index (κ2) is 6.59. The second-order valence-electron chi connectivity index (χ2n) is 4.15. The van der Waals surface area contributed by atoms with Crippen LogP contribution in [0.3, 0.4) is 0 Å². The first kappa shape index (κ1) is 13.1. The van der Waals surface area contributed by atoms with E-state index in [-0.39, 0.29) is 11.5 Å². The summed E-state index contributed by atoms with van der Waals surface area (Å²) >= 11 is 0. The number of nitrogens with one attached hydrogen (secondary N) is 1. The minimum Gasteiger partial charge on any atom is -0.317 e. The lowest BCUT2D eigenvalue weighted by molar-refractivity contribution is 0.472. The zero-order valence-electron chi connectivity index (χ0n) is 9.89. The van der Waals surface area contributed by atoms with Gasteiger partial charge in [-0.1, -0.05) is 19.9 Å². The Balaban J connectivity index is 2.52. The van der Waals surface area contributed by atoms with Gasteiger partial charge in [0.2, 0.25) is 0 Å². The molecular formula is C13H19F2N. The number of halogens is 2. The van der Waals surface area contributed by atoms with E-state index >= 15 is 0 Å². The van der Waals surface area contributed by atoms with Crippen LogP contribution in [0.5, 0.6) is 0 Å².